The van der Waals surface area contributed by atoms with Crippen LogP contribution < -0.4 is 11.1 Å². The van der Waals surface area contributed by atoms with Crippen molar-refractivity contribution in [2.45, 2.75) is 25.3 Å². The molecule has 18 heavy (non-hydrogen) atoms. The van der Waals surface area contributed by atoms with Crippen molar-refractivity contribution in [1.29, 1.82) is 0 Å². The van der Waals surface area contributed by atoms with Crippen molar-refractivity contribution in [3.8, 4) is 0 Å². The molecular weight excluding hydrogens is 226 g/mol. The third-order valence-electron chi connectivity index (χ3n) is 3.41. The SMILES string of the molecule is CCCNC(=O)N1CC(N)C(c2ccccc2)C1. The normalized spacial score (nSPS) is 23.1. The van der Waals surface area contributed by atoms with E-state index >= 15 is 0 Å². The Labute approximate surface area is 108 Å². The Bertz CT molecular complexity index is 393. The maximum Gasteiger partial charge on any atom is 0.317 e. The monoisotopic (exact) mass is 247 g/mol. The molecule has 0 radical (unpaired) electrons. The van der Waals surface area contributed by atoms with Crippen LogP contribution in [0.25, 0.3) is 0 Å². The fourth-order valence-corrected chi connectivity index (χ4v) is 2.39. The minimum atomic E-state index is 0.00531. The van der Waals surface area contributed by atoms with Gasteiger partial charge in [0.25, 0.3) is 0 Å². The second-order valence-electron chi connectivity index (χ2n) is 4.82. The predicted octanol–water partition coefficient (Wildman–Crippen LogP) is 1.53. The first-order valence-electron chi connectivity index (χ1n) is 6.55. The molecule has 98 valence electrons. The van der Waals surface area contributed by atoms with Crippen LogP contribution >= 0.6 is 0 Å². The van der Waals surface area contributed by atoms with Crippen molar-refractivity contribution in [2.75, 3.05) is 19.6 Å². The molecule has 2 unspecified atom stereocenters. The van der Waals surface area contributed by atoms with Gasteiger partial charge < -0.3 is 16.0 Å². The van der Waals surface area contributed by atoms with Crippen molar-refractivity contribution in [2.24, 2.45) is 5.73 Å². The highest BCUT2D eigenvalue weighted by atomic mass is 16.2. The highest BCUT2D eigenvalue weighted by Crippen LogP contribution is 2.26. The van der Waals surface area contributed by atoms with E-state index in [-0.39, 0.29) is 18.0 Å². The fourth-order valence-electron chi connectivity index (χ4n) is 2.39. The van der Waals surface area contributed by atoms with Crippen LogP contribution in [0.2, 0.25) is 0 Å². The summed E-state index contributed by atoms with van der Waals surface area (Å²) in [5.74, 6) is 0.249. The van der Waals surface area contributed by atoms with E-state index in [0.29, 0.717) is 13.1 Å². The number of benzene rings is 1. The summed E-state index contributed by atoms with van der Waals surface area (Å²) < 4.78 is 0. The number of likely N-dealkylation sites (tertiary alicyclic amines) is 1. The summed E-state index contributed by atoms with van der Waals surface area (Å²) in [6, 6.07) is 10.2. The van der Waals surface area contributed by atoms with Gasteiger partial charge in [0.05, 0.1) is 0 Å². The molecule has 1 fully saturated rings. The molecule has 4 heteroatoms. The smallest absolute Gasteiger partial charge is 0.317 e. The highest BCUT2D eigenvalue weighted by Gasteiger charge is 2.33. The van der Waals surface area contributed by atoms with Gasteiger partial charge in [0, 0.05) is 31.6 Å². The van der Waals surface area contributed by atoms with Crippen LogP contribution in [0, 0.1) is 0 Å². The Hall–Kier alpha value is -1.55. The first kappa shape index (κ1) is 12.9. The molecule has 3 N–H and O–H groups in total. The lowest BCUT2D eigenvalue weighted by atomic mass is 9.95. The van der Waals surface area contributed by atoms with Crippen molar-refractivity contribution < 1.29 is 4.79 Å². The van der Waals surface area contributed by atoms with E-state index in [2.05, 4.69) is 17.4 Å². The van der Waals surface area contributed by atoms with Crippen LogP contribution in [0.5, 0.6) is 0 Å². The van der Waals surface area contributed by atoms with Crippen LogP contribution in [-0.2, 0) is 0 Å². The molecule has 2 rings (SSSR count). The van der Waals surface area contributed by atoms with E-state index in [9.17, 15) is 4.79 Å². The number of hydrogen-bond donors (Lipinski definition) is 2. The van der Waals surface area contributed by atoms with Gasteiger partial charge in [-0.25, -0.2) is 4.79 Å². The van der Waals surface area contributed by atoms with Gasteiger partial charge in [0.2, 0.25) is 0 Å². The van der Waals surface area contributed by atoms with E-state index < -0.39 is 0 Å². The van der Waals surface area contributed by atoms with Crippen LogP contribution in [0.4, 0.5) is 4.79 Å². The molecule has 1 aliphatic rings. The molecule has 0 saturated carbocycles. The van der Waals surface area contributed by atoms with Gasteiger partial charge in [-0.1, -0.05) is 37.3 Å². The predicted molar refractivity (Wildman–Crippen MR) is 72.4 cm³/mol. The molecule has 1 saturated heterocycles. The fraction of sp³-hybridized carbons (Fsp3) is 0.500. The second-order valence-corrected chi connectivity index (χ2v) is 4.82. The lowest BCUT2D eigenvalue weighted by molar-refractivity contribution is 0.208. The third kappa shape index (κ3) is 2.82. The number of urea groups is 1. The number of nitrogens with two attached hydrogens (primary N) is 1. The number of nitrogens with zero attached hydrogens (tertiary/aromatic N) is 1. The number of nitrogens with one attached hydrogen (secondary N) is 1. The quantitative estimate of drug-likeness (QED) is 0.851. The highest BCUT2D eigenvalue weighted by molar-refractivity contribution is 5.74. The zero-order chi connectivity index (χ0) is 13.0. The maximum absolute atomic E-state index is 11.9. The summed E-state index contributed by atoms with van der Waals surface area (Å²) in [5, 5.41) is 2.90. The minimum Gasteiger partial charge on any atom is -0.338 e. The molecule has 4 nitrogen and oxygen atoms in total. The molecule has 0 spiro atoms. The molecule has 1 aromatic rings. The number of carbonyl (C=O) groups excluding carboxylic acids is 1. The number of carbonyl (C=O) groups is 1. The van der Waals surface area contributed by atoms with Gasteiger partial charge in [0.1, 0.15) is 0 Å². The van der Waals surface area contributed by atoms with Gasteiger partial charge in [-0.3, -0.25) is 0 Å². The second kappa shape index (κ2) is 5.87. The van der Waals surface area contributed by atoms with Crippen molar-refractivity contribution in [3.63, 3.8) is 0 Å². The first-order valence-corrected chi connectivity index (χ1v) is 6.55. The molecule has 1 heterocycles. The lowest BCUT2D eigenvalue weighted by Gasteiger charge is -2.17. The summed E-state index contributed by atoms with van der Waals surface area (Å²) in [7, 11) is 0. The van der Waals surface area contributed by atoms with Crippen LogP contribution in [0.15, 0.2) is 30.3 Å². The summed E-state index contributed by atoms with van der Waals surface area (Å²) in [6.07, 6.45) is 0.952. The van der Waals surface area contributed by atoms with Crippen LogP contribution in [0.1, 0.15) is 24.8 Å². The molecule has 0 aromatic heterocycles. The molecule has 2 atom stereocenters. The summed E-state index contributed by atoms with van der Waals surface area (Å²) in [6.45, 7) is 4.11. The maximum atomic E-state index is 11.9. The Kier molecular flexibility index (Phi) is 4.20. The van der Waals surface area contributed by atoms with E-state index in [1.54, 1.807) is 0 Å². The van der Waals surface area contributed by atoms with Gasteiger partial charge in [-0.05, 0) is 12.0 Å². The van der Waals surface area contributed by atoms with E-state index in [1.807, 2.05) is 30.0 Å². The molecule has 0 aliphatic carbocycles. The zero-order valence-corrected chi connectivity index (χ0v) is 10.8. The number of hydrogen-bond acceptors (Lipinski definition) is 2. The van der Waals surface area contributed by atoms with Gasteiger partial charge in [0.15, 0.2) is 0 Å². The van der Waals surface area contributed by atoms with Crippen LogP contribution in [-0.4, -0.2) is 36.6 Å². The Morgan fingerprint density at radius 2 is 2.11 bits per heavy atom. The van der Waals surface area contributed by atoms with E-state index in [1.165, 1.54) is 5.56 Å². The van der Waals surface area contributed by atoms with Crippen molar-refractivity contribution in [1.82, 2.24) is 10.2 Å². The summed E-state index contributed by atoms with van der Waals surface area (Å²) in [4.78, 5) is 13.7. The average molecular weight is 247 g/mol. The summed E-state index contributed by atoms with van der Waals surface area (Å²) >= 11 is 0. The minimum absolute atomic E-state index is 0.00531. The van der Waals surface area contributed by atoms with E-state index in [0.717, 1.165) is 13.0 Å². The van der Waals surface area contributed by atoms with Crippen LogP contribution in [0.3, 0.4) is 0 Å². The molecule has 0 bridgehead atoms. The van der Waals surface area contributed by atoms with Gasteiger partial charge >= 0.3 is 6.03 Å². The van der Waals surface area contributed by atoms with E-state index in [4.69, 9.17) is 5.73 Å². The number of amides is 2. The lowest BCUT2D eigenvalue weighted by Crippen LogP contribution is -2.40. The Morgan fingerprint density at radius 1 is 1.39 bits per heavy atom. The van der Waals surface area contributed by atoms with Crippen molar-refractivity contribution in [3.05, 3.63) is 35.9 Å². The number of rotatable bonds is 3. The molecule has 1 aromatic carbocycles. The molecule has 2 amide bonds. The largest absolute Gasteiger partial charge is 0.338 e. The Morgan fingerprint density at radius 3 is 2.78 bits per heavy atom. The zero-order valence-electron chi connectivity index (χ0n) is 10.8. The third-order valence-corrected chi connectivity index (χ3v) is 3.41. The molecule has 1 aliphatic heterocycles. The molecular formula is C14H21N3O. The Balaban J connectivity index is 1.99. The first-order chi connectivity index (χ1) is 8.72. The topological polar surface area (TPSA) is 58.4 Å². The standard InChI is InChI=1S/C14H21N3O/c1-2-8-16-14(18)17-9-12(13(15)10-17)11-6-4-3-5-7-11/h3-7,12-13H,2,8-10,15H2,1H3,(H,16,18). The van der Waals surface area contributed by atoms with Gasteiger partial charge in [-0.15, -0.1) is 0 Å². The van der Waals surface area contributed by atoms with Gasteiger partial charge in [-0.2, -0.15) is 0 Å². The average Bonchev–Trinajstić information content (AvgIpc) is 2.79. The van der Waals surface area contributed by atoms with Crippen molar-refractivity contribution >= 4 is 6.03 Å². The summed E-state index contributed by atoms with van der Waals surface area (Å²) in [5.41, 5.74) is 7.36.